The first-order valence-electron chi connectivity index (χ1n) is 9.01. The first-order valence-corrected chi connectivity index (χ1v) is 9.01. The smallest absolute Gasteiger partial charge is 0.188 e. The van der Waals surface area contributed by atoms with Gasteiger partial charge < -0.3 is 15.8 Å². The van der Waals surface area contributed by atoms with Gasteiger partial charge in [0.2, 0.25) is 0 Å². The maximum atomic E-state index is 6.00. The zero-order chi connectivity index (χ0) is 16.3. The molecule has 1 aromatic rings. The molecule has 2 unspecified atom stereocenters. The third-order valence-electron chi connectivity index (χ3n) is 4.41. The monoisotopic (exact) mass is 445 g/mol. The molecule has 1 heterocycles. The number of benzene rings is 1. The summed E-state index contributed by atoms with van der Waals surface area (Å²) < 4.78 is 6.00. The van der Waals surface area contributed by atoms with Crippen LogP contribution in [0.15, 0.2) is 35.3 Å². The first kappa shape index (κ1) is 21.2. The topological polar surface area (TPSA) is 59.6 Å². The fourth-order valence-corrected chi connectivity index (χ4v) is 3.08. The van der Waals surface area contributed by atoms with Gasteiger partial charge in [0.05, 0.1) is 6.10 Å². The van der Waals surface area contributed by atoms with Crippen molar-refractivity contribution < 1.29 is 4.74 Å². The highest BCUT2D eigenvalue weighted by atomic mass is 127. The Morgan fingerprint density at radius 3 is 2.79 bits per heavy atom. The molecule has 136 valence electrons. The van der Waals surface area contributed by atoms with Crippen LogP contribution in [0, 0.1) is 5.92 Å². The minimum absolute atomic E-state index is 0. The van der Waals surface area contributed by atoms with E-state index in [-0.39, 0.29) is 30.1 Å². The third-order valence-corrected chi connectivity index (χ3v) is 4.41. The lowest BCUT2D eigenvalue weighted by molar-refractivity contribution is -0.0250. The van der Waals surface area contributed by atoms with Crippen molar-refractivity contribution in [3.63, 3.8) is 0 Å². The van der Waals surface area contributed by atoms with Crippen LogP contribution in [0.4, 0.5) is 0 Å². The zero-order valence-corrected chi connectivity index (χ0v) is 17.1. The molecule has 0 spiro atoms. The molecule has 0 aliphatic carbocycles. The number of ether oxygens (including phenoxy) is 1. The van der Waals surface area contributed by atoms with Crippen LogP contribution in [0.25, 0.3) is 0 Å². The predicted octanol–water partition coefficient (Wildman–Crippen LogP) is 4.26. The van der Waals surface area contributed by atoms with Crippen LogP contribution in [0.1, 0.15) is 57.1 Å². The zero-order valence-electron chi connectivity index (χ0n) is 14.7. The molecule has 2 atom stereocenters. The van der Waals surface area contributed by atoms with Crippen molar-refractivity contribution in [2.75, 3.05) is 19.7 Å². The van der Waals surface area contributed by atoms with Crippen LogP contribution >= 0.6 is 24.0 Å². The molecule has 0 bridgehead atoms. The van der Waals surface area contributed by atoms with E-state index in [9.17, 15) is 0 Å². The Morgan fingerprint density at radius 2 is 2.04 bits per heavy atom. The van der Waals surface area contributed by atoms with Crippen LogP contribution in [0.3, 0.4) is 0 Å². The molecule has 0 saturated carbocycles. The van der Waals surface area contributed by atoms with Crippen molar-refractivity contribution >= 4 is 29.9 Å². The van der Waals surface area contributed by atoms with Crippen LogP contribution in [0.5, 0.6) is 0 Å². The third kappa shape index (κ3) is 7.38. The van der Waals surface area contributed by atoms with E-state index in [1.807, 2.05) is 6.07 Å². The van der Waals surface area contributed by atoms with E-state index in [0.29, 0.717) is 11.9 Å². The van der Waals surface area contributed by atoms with E-state index in [0.717, 1.165) is 39.0 Å². The van der Waals surface area contributed by atoms with E-state index >= 15 is 0 Å². The van der Waals surface area contributed by atoms with Crippen molar-refractivity contribution in [2.24, 2.45) is 16.6 Å². The van der Waals surface area contributed by atoms with Gasteiger partial charge in [0.25, 0.3) is 0 Å². The van der Waals surface area contributed by atoms with Crippen molar-refractivity contribution in [3.8, 4) is 0 Å². The number of hydrogen-bond acceptors (Lipinski definition) is 2. The number of nitrogens with one attached hydrogen (secondary N) is 1. The number of unbranched alkanes of at least 4 members (excludes halogenated alkanes) is 3. The second-order valence-electron chi connectivity index (χ2n) is 6.32. The molecule has 5 heteroatoms. The summed E-state index contributed by atoms with van der Waals surface area (Å²) in [7, 11) is 0. The van der Waals surface area contributed by atoms with Gasteiger partial charge in [-0.1, -0.05) is 56.5 Å². The van der Waals surface area contributed by atoms with Crippen molar-refractivity contribution in [3.05, 3.63) is 35.9 Å². The summed E-state index contributed by atoms with van der Waals surface area (Å²) in [4.78, 5) is 4.54. The van der Waals surface area contributed by atoms with Gasteiger partial charge in [0, 0.05) is 25.6 Å². The Balaban J connectivity index is 0.00000288. The van der Waals surface area contributed by atoms with E-state index in [2.05, 4.69) is 41.5 Å². The Labute approximate surface area is 163 Å². The second kappa shape index (κ2) is 12.5. The largest absolute Gasteiger partial charge is 0.373 e. The van der Waals surface area contributed by atoms with Crippen molar-refractivity contribution in [2.45, 2.75) is 51.6 Å². The molecule has 1 aliphatic rings. The molecule has 4 nitrogen and oxygen atoms in total. The number of guanidine groups is 1. The van der Waals surface area contributed by atoms with Crippen LogP contribution < -0.4 is 11.1 Å². The van der Waals surface area contributed by atoms with Crippen LogP contribution in [-0.4, -0.2) is 25.7 Å². The molecular formula is C19H32IN3O. The second-order valence-corrected chi connectivity index (χ2v) is 6.32. The van der Waals surface area contributed by atoms with E-state index < -0.39 is 0 Å². The first-order chi connectivity index (χ1) is 11.3. The van der Waals surface area contributed by atoms with Gasteiger partial charge in [0.15, 0.2) is 5.96 Å². The van der Waals surface area contributed by atoms with E-state index in [4.69, 9.17) is 10.5 Å². The lowest BCUT2D eigenvalue weighted by Crippen LogP contribution is -2.34. The van der Waals surface area contributed by atoms with Crippen LogP contribution in [0.2, 0.25) is 0 Å². The fraction of sp³-hybridized carbons (Fsp3) is 0.632. The molecule has 2 rings (SSSR count). The summed E-state index contributed by atoms with van der Waals surface area (Å²) in [6.45, 7) is 4.70. The highest BCUT2D eigenvalue weighted by Gasteiger charge is 2.27. The summed E-state index contributed by atoms with van der Waals surface area (Å²) in [6.07, 6.45) is 7.35. The number of hydrogen-bond donors (Lipinski definition) is 2. The van der Waals surface area contributed by atoms with E-state index in [1.54, 1.807) is 0 Å². The molecule has 1 saturated heterocycles. The van der Waals surface area contributed by atoms with Crippen molar-refractivity contribution in [1.82, 2.24) is 5.32 Å². The molecule has 24 heavy (non-hydrogen) atoms. The Bertz CT molecular complexity index is 467. The molecular weight excluding hydrogens is 413 g/mol. The maximum absolute atomic E-state index is 6.00. The minimum atomic E-state index is 0. The molecule has 0 radical (unpaired) electrons. The quantitative estimate of drug-likeness (QED) is 0.272. The minimum Gasteiger partial charge on any atom is -0.373 e. The Morgan fingerprint density at radius 1 is 1.25 bits per heavy atom. The molecule has 1 aliphatic heterocycles. The summed E-state index contributed by atoms with van der Waals surface area (Å²) in [5, 5.41) is 3.22. The van der Waals surface area contributed by atoms with Gasteiger partial charge >= 0.3 is 0 Å². The van der Waals surface area contributed by atoms with Gasteiger partial charge in [-0.05, 0) is 24.8 Å². The number of nitrogens with zero attached hydrogens (tertiary/aromatic N) is 1. The lowest BCUT2D eigenvalue weighted by atomic mass is 9.89. The highest BCUT2D eigenvalue weighted by molar-refractivity contribution is 14.0. The SMILES string of the molecule is CCCCCCNC(N)=NCC1CCCOC1c1ccccc1.I. The highest BCUT2D eigenvalue weighted by Crippen LogP contribution is 2.33. The predicted molar refractivity (Wildman–Crippen MR) is 112 cm³/mol. The summed E-state index contributed by atoms with van der Waals surface area (Å²) in [5.74, 6) is 0.977. The average molecular weight is 445 g/mol. The fourth-order valence-electron chi connectivity index (χ4n) is 3.08. The number of nitrogens with two attached hydrogens (primary N) is 1. The van der Waals surface area contributed by atoms with Crippen molar-refractivity contribution in [1.29, 1.82) is 0 Å². The Kier molecular flexibility index (Phi) is 11.1. The summed E-state index contributed by atoms with van der Waals surface area (Å²) in [6, 6.07) is 10.5. The van der Waals surface area contributed by atoms with Gasteiger partial charge in [-0.3, -0.25) is 4.99 Å². The molecule has 1 aromatic carbocycles. The molecule has 1 fully saturated rings. The molecule has 0 aromatic heterocycles. The maximum Gasteiger partial charge on any atom is 0.188 e. The standard InChI is InChI=1S/C19H31N3O.HI/c1-2-3-4-8-13-21-19(20)22-15-17-12-9-14-23-18(17)16-10-6-5-7-11-16;/h5-7,10-11,17-18H,2-4,8-9,12-15H2,1H3,(H3,20,21,22);1H. The van der Waals surface area contributed by atoms with Crippen LogP contribution in [-0.2, 0) is 4.74 Å². The van der Waals surface area contributed by atoms with Gasteiger partial charge in [0.1, 0.15) is 0 Å². The average Bonchev–Trinajstić information content (AvgIpc) is 2.61. The lowest BCUT2D eigenvalue weighted by Gasteiger charge is -2.31. The number of rotatable bonds is 8. The summed E-state index contributed by atoms with van der Waals surface area (Å²) in [5.41, 5.74) is 7.24. The van der Waals surface area contributed by atoms with Gasteiger partial charge in [-0.2, -0.15) is 0 Å². The Hall–Kier alpha value is -0.820. The number of halogens is 1. The van der Waals surface area contributed by atoms with E-state index in [1.165, 1.54) is 24.8 Å². The molecule has 3 N–H and O–H groups in total. The normalized spacial score (nSPS) is 21.1. The van der Waals surface area contributed by atoms with Gasteiger partial charge in [-0.15, -0.1) is 24.0 Å². The number of aliphatic imine (C=N–C) groups is 1. The molecule has 0 amide bonds. The summed E-state index contributed by atoms with van der Waals surface area (Å²) >= 11 is 0. The van der Waals surface area contributed by atoms with Gasteiger partial charge in [-0.25, -0.2) is 0 Å².